The summed E-state index contributed by atoms with van der Waals surface area (Å²) in [5.41, 5.74) is 12.6. The molecule has 0 fully saturated rings. The van der Waals surface area contributed by atoms with Crippen molar-refractivity contribution in [3.63, 3.8) is 0 Å². The molecular weight excluding hydrogens is 1010 g/mol. The third-order valence-electron chi connectivity index (χ3n) is 11.1. The first-order valence-electron chi connectivity index (χ1n) is 21.6. The average molecular weight is 1050 g/mol. The van der Waals surface area contributed by atoms with Gasteiger partial charge in [-0.3, -0.25) is 19.2 Å². The number of pyridine rings is 4. The first kappa shape index (κ1) is 55.2. The highest BCUT2D eigenvalue weighted by Crippen LogP contribution is 2.38. The van der Waals surface area contributed by atoms with Gasteiger partial charge in [0.1, 0.15) is 0 Å². The second-order valence-corrected chi connectivity index (χ2v) is 16.0. The molecule has 0 spiro atoms. The van der Waals surface area contributed by atoms with E-state index >= 15 is 0 Å². The number of carbonyl (C=O) groups excluding carboxylic acids is 4. The molecule has 7 aromatic heterocycles. The predicted molar refractivity (Wildman–Crippen MR) is 248 cm³/mol. The van der Waals surface area contributed by atoms with Crippen LogP contribution in [0, 0.1) is 0 Å². The minimum atomic E-state index is -0.381. The number of halogens is 4. The molecule has 0 aromatic carbocycles. The number of nitrogens with one attached hydrogen (secondary N) is 2. The predicted octanol–water partition coefficient (Wildman–Crippen LogP) is -5.43. The number of nitrogens with zero attached hydrogens (tertiary/aromatic N) is 6. The topological polar surface area (TPSA) is 178 Å². The summed E-state index contributed by atoms with van der Waals surface area (Å²) in [5, 5.41) is 0. The van der Waals surface area contributed by atoms with Crippen LogP contribution in [-0.4, -0.2) is 43.8 Å². The van der Waals surface area contributed by atoms with Crippen LogP contribution < -0.4 is 67.9 Å². The van der Waals surface area contributed by atoms with Gasteiger partial charge >= 0.3 is 23.9 Å². The maximum Gasteiger partial charge on any atom is 0.307 e. The van der Waals surface area contributed by atoms with Crippen molar-refractivity contribution in [2.75, 3.05) is 0 Å². The van der Waals surface area contributed by atoms with Crippen molar-refractivity contribution in [1.29, 1.82) is 0 Å². The zero-order chi connectivity index (χ0) is 47.3. The van der Waals surface area contributed by atoms with Crippen LogP contribution in [0.1, 0.15) is 50.5 Å². The van der Waals surface area contributed by atoms with E-state index in [9.17, 15) is 19.2 Å². The van der Waals surface area contributed by atoms with Gasteiger partial charge in [-0.1, -0.05) is 0 Å². The van der Waals surface area contributed by atoms with E-state index in [0.29, 0.717) is 22.8 Å². The number of aromatic amines is 2. The van der Waals surface area contributed by atoms with Crippen LogP contribution >= 0.6 is 0 Å². The van der Waals surface area contributed by atoms with Gasteiger partial charge in [-0.05, 0) is 70.8 Å². The van der Waals surface area contributed by atoms with Gasteiger partial charge in [0.05, 0.1) is 22.8 Å². The molecule has 16 nitrogen and oxygen atoms in total. The molecule has 370 valence electrons. The Morgan fingerprint density at radius 2 is 0.583 bits per heavy atom. The molecule has 9 rings (SSSR count). The van der Waals surface area contributed by atoms with Gasteiger partial charge in [0.15, 0.2) is 49.6 Å². The Balaban J connectivity index is 0.00000241. The van der Waals surface area contributed by atoms with Crippen molar-refractivity contribution in [2.24, 2.45) is 0 Å². The highest BCUT2D eigenvalue weighted by Gasteiger charge is 2.22. The van der Waals surface area contributed by atoms with Crippen LogP contribution in [0.15, 0.2) is 122 Å². The fourth-order valence-electron chi connectivity index (χ4n) is 7.92. The van der Waals surface area contributed by atoms with Gasteiger partial charge in [-0.2, -0.15) is 18.3 Å². The molecule has 0 aliphatic carbocycles. The number of carbonyl (C=O) groups is 4. The van der Waals surface area contributed by atoms with E-state index in [1.807, 2.05) is 147 Å². The number of fused-ring (bicyclic) bond motifs is 8. The number of esters is 4. The molecule has 72 heavy (non-hydrogen) atoms. The summed E-state index contributed by atoms with van der Waals surface area (Å²) in [6.45, 7) is 5.75. The van der Waals surface area contributed by atoms with Crippen molar-refractivity contribution in [1.82, 2.24) is 19.9 Å². The van der Waals surface area contributed by atoms with E-state index < -0.39 is 0 Å². The van der Waals surface area contributed by atoms with Gasteiger partial charge in [0.25, 0.3) is 26.9 Å². The van der Waals surface area contributed by atoms with Gasteiger partial charge in [-0.15, -0.1) is 0 Å². The Morgan fingerprint density at radius 3 is 0.847 bits per heavy atom. The number of ether oxygens (including phenoxy) is 4. The minimum Gasteiger partial charge on any atom is -1.00 e. The van der Waals surface area contributed by atoms with Crippen molar-refractivity contribution < 1.29 is 106 Å². The summed E-state index contributed by atoms with van der Waals surface area (Å²) in [5.74, 6) is -1.52. The molecule has 2 aliphatic heterocycles. The van der Waals surface area contributed by atoms with Gasteiger partial charge in [-0.25, -0.2) is 9.97 Å². The molecule has 9 heterocycles. The highest BCUT2D eigenvalue weighted by atomic mass is 35.5. The van der Waals surface area contributed by atoms with Gasteiger partial charge in [0, 0.05) is 121 Å². The Labute approximate surface area is 438 Å². The number of H-pyrrole nitrogens is 2. The molecule has 8 bridgehead atoms. The third kappa shape index (κ3) is 12.6. The molecule has 0 saturated heterocycles. The smallest absolute Gasteiger partial charge is 0.307 e. The lowest BCUT2D eigenvalue weighted by Crippen LogP contribution is -3.00. The Morgan fingerprint density at radius 1 is 0.361 bits per heavy atom. The zero-order valence-corrected chi connectivity index (χ0v) is 42.2. The Bertz CT molecular complexity index is 3200. The first-order chi connectivity index (χ1) is 32.9. The fraction of sp³-hybridized carbons (Fsp3) is 0.154. The van der Waals surface area contributed by atoms with Crippen LogP contribution in [0.5, 0.6) is 0 Å². The number of hydrogen-bond donors (Lipinski definition) is 2. The van der Waals surface area contributed by atoms with E-state index in [1.54, 1.807) is 18.3 Å². The molecule has 0 unspecified atom stereocenters. The van der Waals surface area contributed by atoms with E-state index in [-0.39, 0.29) is 100 Å². The molecule has 20 heteroatoms. The molecule has 2 aliphatic rings. The molecule has 0 atom stereocenters. The van der Waals surface area contributed by atoms with E-state index in [4.69, 9.17) is 28.9 Å². The first-order valence-corrected chi connectivity index (χ1v) is 21.6. The molecular formula is C52H46Cl4N8O8. The summed E-state index contributed by atoms with van der Waals surface area (Å²) in [7, 11) is 0. The SMILES string of the molecule is CC(=O)OC[n+]1ccc(-c2c3nc(c(-c4cc[n+](COC(C)=O)cc4)c4ccc([nH]4)c(-c4cc[n+](COC(C)=O)cc4)c4ccc([nH]4)c(-c4cc[n+](COC(C)=O)cc4)c4nc2C=C4)C=C3)cc1.[Cl-].[Cl-].[Cl-].[Cl-]. The Hall–Kier alpha value is -7.76. The number of rotatable bonds is 12. The summed E-state index contributed by atoms with van der Waals surface area (Å²) in [6, 6.07) is 23.8. The maximum atomic E-state index is 11.6. The quantitative estimate of drug-likeness (QED) is 0.0683. The van der Waals surface area contributed by atoms with Crippen LogP contribution in [-0.2, 0) is 65.0 Å². The summed E-state index contributed by atoms with van der Waals surface area (Å²) >= 11 is 0. The molecule has 0 amide bonds. The second-order valence-electron chi connectivity index (χ2n) is 16.0. The van der Waals surface area contributed by atoms with Crippen LogP contribution in [0.2, 0.25) is 0 Å². The summed E-state index contributed by atoms with van der Waals surface area (Å²) in [6.07, 6.45) is 22.8. The molecule has 0 radical (unpaired) electrons. The van der Waals surface area contributed by atoms with Crippen LogP contribution in [0.25, 0.3) is 90.9 Å². The summed E-state index contributed by atoms with van der Waals surface area (Å²) < 4.78 is 28.1. The molecule has 0 saturated carbocycles. The third-order valence-corrected chi connectivity index (χ3v) is 11.1. The van der Waals surface area contributed by atoms with Crippen molar-refractivity contribution in [3.05, 3.63) is 145 Å². The van der Waals surface area contributed by atoms with Gasteiger partial charge < -0.3 is 78.5 Å². The van der Waals surface area contributed by atoms with E-state index in [1.165, 1.54) is 27.7 Å². The van der Waals surface area contributed by atoms with E-state index in [2.05, 4.69) is 9.97 Å². The normalized spacial score (nSPS) is 10.9. The van der Waals surface area contributed by atoms with Crippen LogP contribution in [0.3, 0.4) is 0 Å². The maximum absolute atomic E-state index is 11.6. The zero-order valence-electron chi connectivity index (χ0n) is 39.1. The van der Waals surface area contributed by atoms with E-state index in [0.717, 1.165) is 66.6 Å². The highest BCUT2D eigenvalue weighted by molar-refractivity contribution is 6.00. The number of aromatic nitrogens is 8. The molecule has 7 aromatic rings. The lowest BCUT2D eigenvalue weighted by Gasteiger charge is -2.07. The summed E-state index contributed by atoms with van der Waals surface area (Å²) in [4.78, 5) is 64.7. The van der Waals surface area contributed by atoms with Crippen molar-refractivity contribution in [2.45, 2.75) is 54.6 Å². The number of hydrogen-bond acceptors (Lipinski definition) is 10. The standard InChI is InChI=1S/C52H45N8O8.4ClH/c1-33(61)65-29-57-21-13-37(14-22-57)49-41-5-7-43(53-41)50(38-15-23-58(24-16-38)30-66-34(2)62)45-9-11-47(55-45)52(40-19-27-60(28-20-40)32-68-36(4)64)48-12-10-46(56-48)51(44-8-6-42(49)54-44)39-17-25-59(26-18-39)31-67-35(3)63;;;;/h5-28H,29-32H2,1-4H3,(H,53,54,55,56);4*1H/q+3;;;;/p-3. The average Bonchev–Trinajstić information content (AvgIpc) is 4.19. The second kappa shape index (κ2) is 24.4. The monoisotopic (exact) mass is 1050 g/mol. The Kier molecular flexibility index (Phi) is 18.7. The lowest BCUT2D eigenvalue weighted by atomic mass is 10.0. The van der Waals surface area contributed by atoms with Crippen molar-refractivity contribution >= 4 is 70.2 Å². The van der Waals surface area contributed by atoms with Gasteiger partial charge in [0.2, 0.25) is 0 Å². The minimum absolute atomic E-state index is 0. The van der Waals surface area contributed by atoms with Crippen LogP contribution in [0.4, 0.5) is 0 Å². The lowest BCUT2D eigenvalue weighted by molar-refractivity contribution is -0.727. The molecule has 2 N–H and O–H groups in total. The fourth-order valence-corrected chi connectivity index (χ4v) is 7.92. The largest absolute Gasteiger partial charge is 1.00 e. The van der Waals surface area contributed by atoms with Crippen molar-refractivity contribution in [3.8, 4) is 44.5 Å².